The second-order valence-corrected chi connectivity index (χ2v) is 5.77. The van der Waals surface area contributed by atoms with E-state index in [2.05, 4.69) is 38.1 Å². The monoisotopic (exact) mass is 297 g/mol. The van der Waals surface area contributed by atoms with Crippen LogP contribution in [0.5, 0.6) is 0 Å². The molecule has 84 valence electrons. The Bertz CT molecular complexity index is 496. The molecule has 0 saturated carbocycles. The third-order valence-corrected chi connectivity index (χ3v) is 3.47. The number of thiazole rings is 1. The summed E-state index contributed by atoms with van der Waals surface area (Å²) in [7, 11) is 0. The van der Waals surface area contributed by atoms with Crippen LogP contribution in [-0.4, -0.2) is 9.97 Å². The Morgan fingerprint density at radius 2 is 2.12 bits per heavy atom. The van der Waals surface area contributed by atoms with E-state index in [-0.39, 0.29) is 0 Å². The largest absolute Gasteiger partial charge is 0.363 e. The maximum absolute atomic E-state index is 4.32. The van der Waals surface area contributed by atoms with Gasteiger partial charge in [0, 0.05) is 21.7 Å². The van der Waals surface area contributed by atoms with Crippen LogP contribution in [0.4, 0.5) is 5.82 Å². The SMILES string of the molecule is Cc1cnc(CNc2ncc(Br)cc2C)s1. The van der Waals surface area contributed by atoms with Crippen molar-refractivity contribution < 1.29 is 0 Å². The molecule has 16 heavy (non-hydrogen) atoms. The van der Waals surface area contributed by atoms with Crippen molar-refractivity contribution in [3.63, 3.8) is 0 Å². The van der Waals surface area contributed by atoms with Crippen LogP contribution < -0.4 is 5.32 Å². The highest BCUT2D eigenvalue weighted by Gasteiger charge is 2.02. The summed E-state index contributed by atoms with van der Waals surface area (Å²) in [5.41, 5.74) is 1.13. The molecule has 0 aromatic carbocycles. The second-order valence-electron chi connectivity index (χ2n) is 3.54. The molecule has 0 spiro atoms. The molecule has 2 heterocycles. The van der Waals surface area contributed by atoms with Gasteiger partial charge in [-0.2, -0.15) is 0 Å². The number of anilines is 1. The lowest BCUT2D eigenvalue weighted by Crippen LogP contribution is -2.02. The summed E-state index contributed by atoms with van der Waals surface area (Å²) in [6.45, 7) is 4.82. The van der Waals surface area contributed by atoms with Gasteiger partial charge in [0.1, 0.15) is 10.8 Å². The van der Waals surface area contributed by atoms with E-state index >= 15 is 0 Å². The molecule has 0 radical (unpaired) electrons. The van der Waals surface area contributed by atoms with Gasteiger partial charge >= 0.3 is 0 Å². The highest BCUT2D eigenvalue weighted by molar-refractivity contribution is 9.10. The topological polar surface area (TPSA) is 37.8 Å². The smallest absolute Gasteiger partial charge is 0.129 e. The molecule has 0 bridgehead atoms. The molecule has 5 heteroatoms. The van der Waals surface area contributed by atoms with Gasteiger partial charge in [-0.05, 0) is 41.4 Å². The predicted molar refractivity (Wildman–Crippen MR) is 70.9 cm³/mol. The van der Waals surface area contributed by atoms with Gasteiger partial charge in [-0.3, -0.25) is 0 Å². The number of nitrogens with zero attached hydrogens (tertiary/aromatic N) is 2. The van der Waals surface area contributed by atoms with Crippen LogP contribution in [0.1, 0.15) is 15.4 Å². The number of hydrogen-bond acceptors (Lipinski definition) is 4. The normalized spacial score (nSPS) is 10.4. The fourth-order valence-corrected chi connectivity index (χ4v) is 2.54. The molecule has 2 aromatic rings. The van der Waals surface area contributed by atoms with Gasteiger partial charge in [0.25, 0.3) is 0 Å². The van der Waals surface area contributed by atoms with Crippen molar-refractivity contribution >= 4 is 33.1 Å². The van der Waals surface area contributed by atoms with Crippen LogP contribution in [-0.2, 0) is 6.54 Å². The highest BCUT2D eigenvalue weighted by Crippen LogP contribution is 2.18. The Labute approximate surface area is 107 Å². The van der Waals surface area contributed by atoms with Gasteiger partial charge in [-0.25, -0.2) is 9.97 Å². The third-order valence-electron chi connectivity index (χ3n) is 2.12. The number of pyridine rings is 1. The standard InChI is InChI=1S/C11H12BrN3S/c1-7-3-9(12)5-14-11(7)15-6-10-13-4-8(2)16-10/h3-5H,6H2,1-2H3,(H,14,15). The number of aryl methyl sites for hydroxylation is 2. The number of nitrogens with one attached hydrogen (secondary N) is 1. The molecular formula is C11H12BrN3S. The van der Waals surface area contributed by atoms with Gasteiger partial charge in [0.05, 0.1) is 6.54 Å². The van der Waals surface area contributed by atoms with Crippen LogP contribution in [0.15, 0.2) is 22.9 Å². The highest BCUT2D eigenvalue weighted by atomic mass is 79.9. The quantitative estimate of drug-likeness (QED) is 0.942. The molecule has 0 fully saturated rings. The fourth-order valence-electron chi connectivity index (χ4n) is 1.37. The Balaban J connectivity index is 2.04. The first-order valence-corrected chi connectivity index (χ1v) is 6.53. The van der Waals surface area contributed by atoms with Crippen molar-refractivity contribution in [1.29, 1.82) is 0 Å². The first-order chi connectivity index (χ1) is 7.65. The molecule has 3 nitrogen and oxygen atoms in total. The van der Waals surface area contributed by atoms with E-state index in [4.69, 9.17) is 0 Å². The Morgan fingerprint density at radius 1 is 1.31 bits per heavy atom. The number of hydrogen-bond donors (Lipinski definition) is 1. The van der Waals surface area contributed by atoms with Crippen LogP contribution in [0.2, 0.25) is 0 Å². The molecule has 2 aromatic heterocycles. The van der Waals surface area contributed by atoms with Crippen molar-refractivity contribution in [1.82, 2.24) is 9.97 Å². The van der Waals surface area contributed by atoms with Gasteiger partial charge < -0.3 is 5.32 Å². The maximum atomic E-state index is 4.32. The predicted octanol–water partition coefficient (Wildman–Crippen LogP) is 3.53. The third kappa shape index (κ3) is 2.80. The van der Waals surface area contributed by atoms with E-state index in [1.54, 1.807) is 17.5 Å². The van der Waals surface area contributed by atoms with E-state index in [0.717, 1.165) is 27.4 Å². The van der Waals surface area contributed by atoms with E-state index in [1.807, 2.05) is 19.2 Å². The van der Waals surface area contributed by atoms with Crippen molar-refractivity contribution in [3.05, 3.63) is 38.4 Å². The average Bonchev–Trinajstić information content (AvgIpc) is 2.63. The van der Waals surface area contributed by atoms with E-state index in [1.165, 1.54) is 4.88 Å². The summed E-state index contributed by atoms with van der Waals surface area (Å²) in [6.07, 6.45) is 3.69. The molecule has 0 aliphatic rings. The molecule has 0 aliphatic heterocycles. The van der Waals surface area contributed by atoms with E-state index < -0.39 is 0 Å². The molecule has 0 atom stereocenters. The molecule has 2 rings (SSSR count). The van der Waals surface area contributed by atoms with E-state index in [9.17, 15) is 0 Å². The van der Waals surface area contributed by atoms with Gasteiger partial charge in [0.2, 0.25) is 0 Å². The summed E-state index contributed by atoms with van der Waals surface area (Å²) in [6, 6.07) is 2.04. The number of aromatic nitrogens is 2. The minimum atomic E-state index is 0.730. The fraction of sp³-hybridized carbons (Fsp3) is 0.273. The lowest BCUT2D eigenvalue weighted by molar-refractivity contribution is 1.07. The zero-order valence-corrected chi connectivity index (χ0v) is 11.5. The molecule has 0 saturated heterocycles. The number of rotatable bonds is 3. The second kappa shape index (κ2) is 4.93. The van der Waals surface area contributed by atoms with Crippen LogP contribution >= 0.6 is 27.3 Å². The minimum absolute atomic E-state index is 0.730. The van der Waals surface area contributed by atoms with Crippen LogP contribution in [0, 0.1) is 13.8 Å². The summed E-state index contributed by atoms with van der Waals surface area (Å²) in [5, 5.41) is 4.37. The van der Waals surface area contributed by atoms with Crippen molar-refractivity contribution in [3.8, 4) is 0 Å². The van der Waals surface area contributed by atoms with E-state index in [0.29, 0.717) is 0 Å². The lowest BCUT2D eigenvalue weighted by Gasteiger charge is -2.06. The van der Waals surface area contributed by atoms with Gasteiger partial charge in [-0.15, -0.1) is 11.3 Å². The zero-order valence-electron chi connectivity index (χ0n) is 9.12. The Morgan fingerprint density at radius 3 is 2.75 bits per heavy atom. The molecule has 0 unspecified atom stereocenters. The average molecular weight is 298 g/mol. The molecule has 0 amide bonds. The molecule has 1 N–H and O–H groups in total. The zero-order chi connectivity index (χ0) is 11.5. The van der Waals surface area contributed by atoms with Crippen LogP contribution in [0.25, 0.3) is 0 Å². The molecular weight excluding hydrogens is 286 g/mol. The summed E-state index contributed by atoms with van der Waals surface area (Å²) in [4.78, 5) is 9.85. The number of halogens is 1. The van der Waals surface area contributed by atoms with Crippen LogP contribution in [0.3, 0.4) is 0 Å². The first-order valence-electron chi connectivity index (χ1n) is 4.92. The van der Waals surface area contributed by atoms with Crippen molar-refractivity contribution in [2.24, 2.45) is 0 Å². The van der Waals surface area contributed by atoms with Gasteiger partial charge in [-0.1, -0.05) is 0 Å². The Hall–Kier alpha value is -0.940. The van der Waals surface area contributed by atoms with Crippen molar-refractivity contribution in [2.45, 2.75) is 20.4 Å². The summed E-state index contributed by atoms with van der Waals surface area (Å²) in [5.74, 6) is 0.913. The van der Waals surface area contributed by atoms with Gasteiger partial charge in [0.15, 0.2) is 0 Å². The maximum Gasteiger partial charge on any atom is 0.129 e. The molecule has 0 aliphatic carbocycles. The van der Waals surface area contributed by atoms with Crippen molar-refractivity contribution in [2.75, 3.05) is 5.32 Å². The lowest BCUT2D eigenvalue weighted by atomic mass is 10.3. The Kier molecular flexibility index (Phi) is 3.56. The summed E-state index contributed by atoms with van der Waals surface area (Å²) >= 11 is 5.10. The first kappa shape index (κ1) is 11.5. The minimum Gasteiger partial charge on any atom is -0.363 e. The summed E-state index contributed by atoms with van der Waals surface area (Å²) < 4.78 is 1.00.